The molecule has 1 aliphatic heterocycles. The highest BCUT2D eigenvalue weighted by atomic mass is 16.5. The average Bonchev–Trinajstić information content (AvgIpc) is 2.37. The molecule has 17 heavy (non-hydrogen) atoms. The van der Waals surface area contributed by atoms with Crippen molar-refractivity contribution in [1.29, 1.82) is 0 Å². The molecule has 0 aliphatic carbocycles. The highest BCUT2D eigenvalue weighted by Crippen LogP contribution is 2.18. The Morgan fingerprint density at radius 1 is 1.59 bits per heavy atom. The highest BCUT2D eigenvalue weighted by molar-refractivity contribution is 5.78. The van der Waals surface area contributed by atoms with Crippen LogP contribution in [0.2, 0.25) is 0 Å². The van der Waals surface area contributed by atoms with Crippen molar-refractivity contribution in [2.24, 2.45) is 5.73 Å². The van der Waals surface area contributed by atoms with Gasteiger partial charge in [-0.3, -0.25) is 9.69 Å². The predicted octanol–water partition coefficient (Wildman–Crippen LogP) is -0.0972. The SMILES string of the molecule is CCN(C)C(=O)CN1CCC(OC)CC1CN. The van der Waals surface area contributed by atoms with Crippen molar-refractivity contribution in [2.45, 2.75) is 31.9 Å². The third-order valence-corrected chi connectivity index (χ3v) is 3.63. The number of likely N-dealkylation sites (tertiary alicyclic amines) is 1. The topological polar surface area (TPSA) is 58.8 Å². The number of carbonyl (C=O) groups excluding carboxylic acids is 1. The van der Waals surface area contributed by atoms with Crippen LogP contribution in [-0.4, -0.2) is 68.2 Å². The van der Waals surface area contributed by atoms with Gasteiger partial charge < -0.3 is 15.4 Å². The molecule has 0 aromatic heterocycles. The van der Waals surface area contributed by atoms with Crippen LogP contribution >= 0.6 is 0 Å². The Balaban J connectivity index is 2.50. The first kappa shape index (κ1) is 14.4. The monoisotopic (exact) mass is 243 g/mol. The van der Waals surface area contributed by atoms with Crippen LogP contribution in [0.5, 0.6) is 0 Å². The van der Waals surface area contributed by atoms with Crippen LogP contribution in [0.1, 0.15) is 19.8 Å². The summed E-state index contributed by atoms with van der Waals surface area (Å²) < 4.78 is 5.37. The minimum Gasteiger partial charge on any atom is -0.381 e. The number of nitrogens with two attached hydrogens (primary N) is 1. The molecule has 0 saturated carbocycles. The van der Waals surface area contributed by atoms with Gasteiger partial charge in [-0.05, 0) is 19.8 Å². The van der Waals surface area contributed by atoms with Gasteiger partial charge in [0.05, 0.1) is 12.6 Å². The third-order valence-electron chi connectivity index (χ3n) is 3.63. The van der Waals surface area contributed by atoms with Crippen molar-refractivity contribution < 1.29 is 9.53 Å². The van der Waals surface area contributed by atoms with E-state index in [9.17, 15) is 4.79 Å². The molecule has 2 unspecified atom stereocenters. The molecule has 2 atom stereocenters. The summed E-state index contributed by atoms with van der Waals surface area (Å²) in [5, 5.41) is 0. The fraction of sp³-hybridized carbons (Fsp3) is 0.917. The molecule has 1 amide bonds. The fourth-order valence-electron chi connectivity index (χ4n) is 2.20. The van der Waals surface area contributed by atoms with E-state index in [0.717, 1.165) is 25.9 Å². The maximum Gasteiger partial charge on any atom is 0.236 e. The summed E-state index contributed by atoms with van der Waals surface area (Å²) in [5.41, 5.74) is 5.77. The minimum atomic E-state index is 0.168. The number of carbonyl (C=O) groups is 1. The second-order valence-corrected chi connectivity index (χ2v) is 4.65. The molecule has 1 rings (SSSR count). The molecule has 1 fully saturated rings. The molecule has 0 aromatic carbocycles. The smallest absolute Gasteiger partial charge is 0.236 e. The molecule has 1 saturated heterocycles. The van der Waals surface area contributed by atoms with Crippen LogP contribution in [0.4, 0.5) is 0 Å². The van der Waals surface area contributed by atoms with Gasteiger partial charge in [0, 0.05) is 39.8 Å². The summed E-state index contributed by atoms with van der Waals surface area (Å²) in [5.74, 6) is 0.168. The lowest BCUT2D eigenvalue weighted by molar-refractivity contribution is -0.132. The van der Waals surface area contributed by atoms with Gasteiger partial charge in [-0.2, -0.15) is 0 Å². The Morgan fingerprint density at radius 3 is 2.82 bits per heavy atom. The van der Waals surface area contributed by atoms with Crippen LogP contribution in [-0.2, 0) is 9.53 Å². The molecule has 2 N–H and O–H groups in total. The first-order valence-electron chi connectivity index (χ1n) is 6.33. The summed E-state index contributed by atoms with van der Waals surface area (Å²) in [4.78, 5) is 15.8. The van der Waals surface area contributed by atoms with E-state index in [1.54, 1.807) is 12.0 Å². The lowest BCUT2D eigenvalue weighted by Crippen LogP contribution is -2.51. The number of hydrogen-bond donors (Lipinski definition) is 1. The third kappa shape index (κ3) is 3.94. The van der Waals surface area contributed by atoms with Crippen molar-refractivity contribution in [3.8, 4) is 0 Å². The second-order valence-electron chi connectivity index (χ2n) is 4.65. The van der Waals surface area contributed by atoms with E-state index < -0.39 is 0 Å². The minimum absolute atomic E-state index is 0.168. The summed E-state index contributed by atoms with van der Waals surface area (Å²) in [7, 11) is 3.58. The molecule has 0 aromatic rings. The Bertz CT molecular complexity index is 248. The number of rotatable bonds is 5. The summed E-state index contributed by atoms with van der Waals surface area (Å²) >= 11 is 0. The Hall–Kier alpha value is -0.650. The van der Waals surface area contributed by atoms with Gasteiger partial charge in [-0.15, -0.1) is 0 Å². The maximum atomic E-state index is 11.9. The number of nitrogens with zero attached hydrogens (tertiary/aromatic N) is 2. The van der Waals surface area contributed by atoms with Gasteiger partial charge in [0.2, 0.25) is 5.91 Å². The van der Waals surface area contributed by atoms with E-state index in [-0.39, 0.29) is 11.9 Å². The van der Waals surface area contributed by atoms with Crippen LogP contribution in [0.3, 0.4) is 0 Å². The van der Waals surface area contributed by atoms with Crippen molar-refractivity contribution in [2.75, 3.05) is 40.3 Å². The first-order chi connectivity index (χ1) is 8.12. The van der Waals surface area contributed by atoms with E-state index in [1.165, 1.54) is 0 Å². The van der Waals surface area contributed by atoms with Crippen LogP contribution in [0.25, 0.3) is 0 Å². The molecule has 5 heteroatoms. The molecular formula is C12H25N3O2. The maximum absolute atomic E-state index is 11.9. The van der Waals surface area contributed by atoms with E-state index in [4.69, 9.17) is 10.5 Å². The quantitative estimate of drug-likeness (QED) is 0.733. The zero-order chi connectivity index (χ0) is 12.8. The number of piperidine rings is 1. The van der Waals surface area contributed by atoms with Crippen molar-refractivity contribution in [3.05, 3.63) is 0 Å². The predicted molar refractivity (Wildman–Crippen MR) is 67.8 cm³/mol. The largest absolute Gasteiger partial charge is 0.381 e. The van der Waals surface area contributed by atoms with Crippen molar-refractivity contribution in [3.63, 3.8) is 0 Å². The normalized spacial score (nSPS) is 25.9. The van der Waals surface area contributed by atoms with Gasteiger partial charge in [-0.1, -0.05) is 0 Å². The standard InChI is InChI=1S/C12H25N3O2/c1-4-14(2)12(16)9-15-6-5-11(17-3)7-10(15)8-13/h10-11H,4-9,13H2,1-3H3. The first-order valence-corrected chi connectivity index (χ1v) is 6.33. The molecular weight excluding hydrogens is 218 g/mol. The molecule has 0 spiro atoms. The lowest BCUT2D eigenvalue weighted by atomic mass is 9.99. The lowest BCUT2D eigenvalue weighted by Gasteiger charge is -2.38. The number of ether oxygens (including phenoxy) is 1. The van der Waals surface area contributed by atoms with Gasteiger partial charge in [-0.25, -0.2) is 0 Å². The molecule has 5 nitrogen and oxygen atoms in total. The molecule has 1 aliphatic rings. The van der Waals surface area contributed by atoms with E-state index in [2.05, 4.69) is 4.90 Å². The van der Waals surface area contributed by atoms with Crippen LogP contribution in [0, 0.1) is 0 Å². The van der Waals surface area contributed by atoms with Gasteiger partial charge in [0.25, 0.3) is 0 Å². The van der Waals surface area contributed by atoms with Crippen LogP contribution in [0.15, 0.2) is 0 Å². The molecule has 0 bridgehead atoms. The van der Waals surface area contributed by atoms with Crippen molar-refractivity contribution in [1.82, 2.24) is 9.80 Å². The van der Waals surface area contributed by atoms with E-state index in [1.807, 2.05) is 14.0 Å². The van der Waals surface area contributed by atoms with Crippen LogP contribution < -0.4 is 5.73 Å². The Kier molecular flexibility index (Phi) is 5.88. The van der Waals surface area contributed by atoms with Gasteiger partial charge in [0.1, 0.15) is 0 Å². The second kappa shape index (κ2) is 6.93. The van der Waals surface area contributed by atoms with Crippen molar-refractivity contribution >= 4 is 5.91 Å². The summed E-state index contributed by atoms with van der Waals surface area (Å²) in [6.07, 6.45) is 2.20. The number of hydrogen-bond acceptors (Lipinski definition) is 4. The number of methoxy groups -OCH3 is 1. The van der Waals surface area contributed by atoms with E-state index >= 15 is 0 Å². The fourth-order valence-corrected chi connectivity index (χ4v) is 2.20. The van der Waals surface area contributed by atoms with Gasteiger partial charge >= 0.3 is 0 Å². The average molecular weight is 243 g/mol. The summed E-state index contributed by atoms with van der Waals surface area (Å²) in [6.45, 7) is 4.69. The molecule has 0 radical (unpaired) electrons. The van der Waals surface area contributed by atoms with Gasteiger partial charge in [0.15, 0.2) is 0 Å². The zero-order valence-corrected chi connectivity index (χ0v) is 11.2. The zero-order valence-electron chi connectivity index (χ0n) is 11.2. The Labute approximate surface area is 104 Å². The molecule has 1 heterocycles. The molecule has 100 valence electrons. The highest BCUT2D eigenvalue weighted by Gasteiger charge is 2.29. The van der Waals surface area contributed by atoms with E-state index in [0.29, 0.717) is 19.2 Å². The number of likely N-dealkylation sites (N-methyl/N-ethyl adjacent to an activating group) is 1. The Morgan fingerprint density at radius 2 is 2.29 bits per heavy atom. The summed E-state index contributed by atoms with van der Waals surface area (Å²) in [6, 6.07) is 0.267. The number of amides is 1.